The van der Waals surface area contributed by atoms with E-state index in [1.807, 2.05) is 13.8 Å². The number of benzene rings is 1. The lowest BCUT2D eigenvalue weighted by Gasteiger charge is -2.13. The molecular formula is C12H19NO2S. The molecule has 1 atom stereocenters. The van der Waals surface area contributed by atoms with E-state index in [4.69, 9.17) is 0 Å². The van der Waals surface area contributed by atoms with E-state index in [1.54, 1.807) is 0 Å². The zero-order chi connectivity index (χ0) is 12.2. The number of rotatable bonds is 5. The Bertz CT molecular complexity index is 423. The zero-order valence-corrected chi connectivity index (χ0v) is 10.8. The first-order valence-electron chi connectivity index (χ1n) is 5.36. The van der Waals surface area contributed by atoms with Gasteiger partial charge in [-0.1, -0.05) is 29.8 Å². The molecule has 0 aliphatic rings. The predicted molar refractivity (Wildman–Crippen MR) is 67.3 cm³/mol. The van der Waals surface area contributed by atoms with Crippen molar-refractivity contribution in [3.05, 3.63) is 35.4 Å². The summed E-state index contributed by atoms with van der Waals surface area (Å²) in [5.41, 5.74) is 2.41. The van der Waals surface area contributed by atoms with Crippen molar-refractivity contribution >= 4 is 9.84 Å². The monoisotopic (exact) mass is 241 g/mol. The summed E-state index contributed by atoms with van der Waals surface area (Å²) < 4.78 is 21.9. The number of hydrogen-bond donors (Lipinski definition) is 1. The SMILES string of the molecule is Cc1ccc([C@H](C)NCCS(C)(=O)=O)cc1. The molecular weight excluding hydrogens is 222 g/mol. The Labute approximate surface area is 97.8 Å². The topological polar surface area (TPSA) is 46.2 Å². The molecule has 0 aliphatic carbocycles. The second-order valence-corrected chi connectivity index (χ2v) is 6.48. The fraction of sp³-hybridized carbons (Fsp3) is 0.500. The van der Waals surface area contributed by atoms with Crippen molar-refractivity contribution < 1.29 is 8.42 Å². The van der Waals surface area contributed by atoms with Gasteiger partial charge in [-0.2, -0.15) is 0 Å². The summed E-state index contributed by atoms with van der Waals surface area (Å²) >= 11 is 0. The van der Waals surface area contributed by atoms with Crippen LogP contribution in [0.15, 0.2) is 24.3 Å². The van der Waals surface area contributed by atoms with Crippen LogP contribution in [-0.2, 0) is 9.84 Å². The highest BCUT2D eigenvalue weighted by molar-refractivity contribution is 7.90. The van der Waals surface area contributed by atoms with E-state index in [-0.39, 0.29) is 11.8 Å². The minimum atomic E-state index is -2.87. The fourth-order valence-electron chi connectivity index (χ4n) is 1.43. The van der Waals surface area contributed by atoms with E-state index >= 15 is 0 Å². The lowest BCUT2D eigenvalue weighted by atomic mass is 10.1. The second kappa shape index (κ2) is 5.46. The largest absolute Gasteiger partial charge is 0.309 e. The van der Waals surface area contributed by atoms with Crippen LogP contribution >= 0.6 is 0 Å². The average molecular weight is 241 g/mol. The summed E-state index contributed by atoms with van der Waals surface area (Å²) in [7, 11) is -2.87. The maximum absolute atomic E-state index is 11.0. The van der Waals surface area contributed by atoms with Gasteiger partial charge in [-0.15, -0.1) is 0 Å². The summed E-state index contributed by atoms with van der Waals surface area (Å²) in [5, 5.41) is 3.20. The van der Waals surface area contributed by atoms with Crippen molar-refractivity contribution in [2.45, 2.75) is 19.9 Å². The number of sulfone groups is 1. The van der Waals surface area contributed by atoms with E-state index < -0.39 is 9.84 Å². The summed E-state index contributed by atoms with van der Waals surface area (Å²) in [6, 6.07) is 8.43. The Kier molecular flexibility index (Phi) is 4.50. The standard InChI is InChI=1S/C12H19NO2S/c1-10-4-6-12(7-5-10)11(2)13-8-9-16(3,14)15/h4-7,11,13H,8-9H2,1-3H3/t11-/m0/s1. The van der Waals surface area contributed by atoms with Crippen molar-refractivity contribution in [2.24, 2.45) is 0 Å². The fourth-order valence-corrected chi connectivity index (χ4v) is 1.92. The van der Waals surface area contributed by atoms with Crippen molar-refractivity contribution in [1.29, 1.82) is 0 Å². The maximum Gasteiger partial charge on any atom is 0.148 e. The van der Waals surface area contributed by atoms with Crippen LogP contribution in [0.25, 0.3) is 0 Å². The Balaban J connectivity index is 2.47. The van der Waals surface area contributed by atoms with Gasteiger partial charge in [0, 0.05) is 18.8 Å². The van der Waals surface area contributed by atoms with Crippen LogP contribution in [0.5, 0.6) is 0 Å². The predicted octanol–water partition coefficient (Wildman–Crippen LogP) is 1.69. The lowest BCUT2D eigenvalue weighted by Crippen LogP contribution is -2.25. The van der Waals surface area contributed by atoms with Crippen LogP contribution in [0.2, 0.25) is 0 Å². The van der Waals surface area contributed by atoms with Gasteiger partial charge in [0.2, 0.25) is 0 Å². The first kappa shape index (κ1) is 13.2. The Hall–Kier alpha value is -0.870. The van der Waals surface area contributed by atoms with E-state index in [2.05, 4.69) is 29.6 Å². The lowest BCUT2D eigenvalue weighted by molar-refractivity contribution is 0.576. The highest BCUT2D eigenvalue weighted by atomic mass is 32.2. The second-order valence-electron chi connectivity index (χ2n) is 4.22. The van der Waals surface area contributed by atoms with Gasteiger partial charge in [0.05, 0.1) is 5.75 Å². The minimum Gasteiger partial charge on any atom is -0.309 e. The highest BCUT2D eigenvalue weighted by Crippen LogP contribution is 2.12. The molecule has 1 N–H and O–H groups in total. The highest BCUT2D eigenvalue weighted by Gasteiger charge is 2.06. The molecule has 0 fully saturated rings. The number of hydrogen-bond acceptors (Lipinski definition) is 3. The third kappa shape index (κ3) is 4.77. The average Bonchev–Trinajstić information content (AvgIpc) is 2.16. The van der Waals surface area contributed by atoms with Gasteiger partial charge in [0.1, 0.15) is 9.84 Å². The molecule has 0 bridgehead atoms. The summed E-state index contributed by atoms with van der Waals surface area (Å²) in [4.78, 5) is 0. The van der Waals surface area contributed by atoms with E-state index in [1.165, 1.54) is 17.4 Å². The Morgan fingerprint density at radius 1 is 1.25 bits per heavy atom. The van der Waals surface area contributed by atoms with Crippen molar-refractivity contribution in [3.8, 4) is 0 Å². The van der Waals surface area contributed by atoms with Crippen LogP contribution < -0.4 is 5.32 Å². The molecule has 16 heavy (non-hydrogen) atoms. The van der Waals surface area contributed by atoms with Gasteiger partial charge in [-0.3, -0.25) is 0 Å². The maximum atomic E-state index is 11.0. The van der Waals surface area contributed by atoms with Crippen LogP contribution in [-0.4, -0.2) is 27.0 Å². The van der Waals surface area contributed by atoms with Crippen molar-refractivity contribution in [1.82, 2.24) is 5.32 Å². The van der Waals surface area contributed by atoms with Crippen molar-refractivity contribution in [2.75, 3.05) is 18.6 Å². The molecule has 0 amide bonds. The molecule has 1 aromatic carbocycles. The third-order valence-corrected chi connectivity index (χ3v) is 3.45. The first-order chi connectivity index (χ1) is 7.38. The summed E-state index contributed by atoms with van der Waals surface area (Å²) in [6.07, 6.45) is 1.26. The summed E-state index contributed by atoms with van der Waals surface area (Å²) in [6.45, 7) is 4.58. The molecule has 0 radical (unpaired) electrons. The van der Waals surface area contributed by atoms with E-state index in [0.29, 0.717) is 6.54 Å². The van der Waals surface area contributed by atoms with E-state index in [9.17, 15) is 8.42 Å². The van der Waals surface area contributed by atoms with Gasteiger partial charge in [0.25, 0.3) is 0 Å². The molecule has 3 nitrogen and oxygen atoms in total. The van der Waals surface area contributed by atoms with Crippen LogP contribution in [0.4, 0.5) is 0 Å². The molecule has 90 valence electrons. The molecule has 1 rings (SSSR count). The minimum absolute atomic E-state index is 0.183. The van der Waals surface area contributed by atoms with E-state index in [0.717, 1.165) is 0 Å². The Morgan fingerprint density at radius 3 is 2.31 bits per heavy atom. The van der Waals surface area contributed by atoms with Crippen molar-refractivity contribution in [3.63, 3.8) is 0 Å². The molecule has 0 aliphatic heterocycles. The molecule has 0 saturated carbocycles. The van der Waals surface area contributed by atoms with Crippen LogP contribution in [0, 0.1) is 6.92 Å². The molecule has 0 spiro atoms. The molecule has 0 aromatic heterocycles. The van der Waals surface area contributed by atoms with Gasteiger partial charge in [0.15, 0.2) is 0 Å². The normalized spacial score (nSPS) is 13.7. The summed E-state index contributed by atoms with van der Waals surface area (Å²) in [5.74, 6) is 0.184. The van der Waals surface area contributed by atoms with Gasteiger partial charge in [-0.05, 0) is 19.4 Å². The quantitative estimate of drug-likeness (QED) is 0.853. The zero-order valence-electron chi connectivity index (χ0n) is 10.0. The third-order valence-electron chi connectivity index (χ3n) is 2.50. The molecule has 0 heterocycles. The molecule has 1 aromatic rings. The smallest absolute Gasteiger partial charge is 0.148 e. The number of nitrogens with one attached hydrogen (secondary N) is 1. The van der Waals surface area contributed by atoms with Crippen LogP contribution in [0.3, 0.4) is 0 Å². The molecule has 0 saturated heterocycles. The first-order valence-corrected chi connectivity index (χ1v) is 7.42. The molecule has 4 heteroatoms. The van der Waals surface area contributed by atoms with Gasteiger partial charge < -0.3 is 5.32 Å². The number of aryl methyl sites for hydroxylation is 1. The van der Waals surface area contributed by atoms with Gasteiger partial charge in [-0.25, -0.2) is 8.42 Å². The Morgan fingerprint density at radius 2 is 1.81 bits per heavy atom. The van der Waals surface area contributed by atoms with Crippen LogP contribution in [0.1, 0.15) is 24.1 Å². The van der Waals surface area contributed by atoms with Gasteiger partial charge >= 0.3 is 0 Å². The molecule has 0 unspecified atom stereocenters.